The Morgan fingerprint density at radius 3 is 1.15 bits per heavy atom. The van der Waals surface area contributed by atoms with Crippen molar-refractivity contribution in [3.63, 3.8) is 0 Å². The molecule has 0 amide bonds. The van der Waals surface area contributed by atoms with Crippen molar-refractivity contribution in [1.82, 2.24) is 14.8 Å². The standard InChI is InChI=1S/C35H53N3O9/c1-32(2,3)44-28(39)19-37(20-29(40)45-33(4,5)6)17-26-15-25(24-13-14-43-23-24)16-27(36-26)18-38(21-30(41)46-34(7,8)9)22-31(42)47-35(10,11)12/h13-16,23H,17-22H2,1-12H3. The van der Waals surface area contributed by atoms with Gasteiger partial charge in [0.1, 0.15) is 22.4 Å². The molecule has 0 aliphatic carbocycles. The molecule has 0 spiro atoms. The summed E-state index contributed by atoms with van der Waals surface area (Å²) >= 11 is 0. The normalized spacial score (nSPS) is 12.6. The first-order valence-corrected chi connectivity index (χ1v) is 15.7. The lowest BCUT2D eigenvalue weighted by molar-refractivity contribution is -0.162. The quantitative estimate of drug-likeness (QED) is 0.203. The largest absolute Gasteiger partial charge is 0.472 e. The molecule has 2 aromatic rings. The molecule has 2 rings (SSSR count). The lowest BCUT2D eigenvalue weighted by Crippen LogP contribution is -2.40. The van der Waals surface area contributed by atoms with Gasteiger partial charge in [-0.25, -0.2) is 0 Å². The first-order chi connectivity index (χ1) is 21.4. The third kappa shape index (κ3) is 17.1. The van der Waals surface area contributed by atoms with Crippen LogP contribution in [-0.2, 0) is 51.2 Å². The van der Waals surface area contributed by atoms with E-state index in [-0.39, 0.29) is 39.3 Å². The Kier molecular flexibility index (Phi) is 13.3. The molecule has 47 heavy (non-hydrogen) atoms. The lowest BCUT2D eigenvalue weighted by atomic mass is 10.1. The zero-order chi connectivity index (χ0) is 35.8. The van der Waals surface area contributed by atoms with Crippen LogP contribution in [0.5, 0.6) is 0 Å². The van der Waals surface area contributed by atoms with Crippen molar-refractivity contribution in [1.29, 1.82) is 0 Å². The minimum Gasteiger partial charge on any atom is -0.472 e. The molecule has 0 bridgehead atoms. The van der Waals surface area contributed by atoms with Gasteiger partial charge in [-0.1, -0.05) is 0 Å². The van der Waals surface area contributed by atoms with Crippen molar-refractivity contribution in [3.8, 4) is 11.1 Å². The van der Waals surface area contributed by atoms with Gasteiger partial charge in [0.25, 0.3) is 0 Å². The average Bonchev–Trinajstić information content (AvgIpc) is 3.33. The maximum atomic E-state index is 12.9. The van der Waals surface area contributed by atoms with Gasteiger partial charge in [0, 0.05) is 18.7 Å². The number of hydrogen-bond acceptors (Lipinski definition) is 12. The number of furan rings is 1. The van der Waals surface area contributed by atoms with Crippen LogP contribution in [0.3, 0.4) is 0 Å². The zero-order valence-corrected chi connectivity index (χ0v) is 30.1. The number of carbonyl (C=O) groups is 4. The smallest absolute Gasteiger partial charge is 0.320 e. The molecular formula is C35H53N3O9. The van der Waals surface area contributed by atoms with Gasteiger partial charge >= 0.3 is 23.9 Å². The molecule has 2 heterocycles. The molecular weight excluding hydrogens is 606 g/mol. The van der Waals surface area contributed by atoms with Crippen molar-refractivity contribution in [2.45, 2.75) is 119 Å². The summed E-state index contributed by atoms with van der Waals surface area (Å²) in [6.45, 7) is 20.7. The molecule has 262 valence electrons. The van der Waals surface area contributed by atoms with Crippen LogP contribution in [0.4, 0.5) is 0 Å². The number of ether oxygens (including phenoxy) is 4. The summed E-state index contributed by atoms with van der Waals surface area (Å²) in [5, 5.41) is 0. The van der Waals surface area contributed by atoms with E-state index in [1.165, 1.54) is 0 Å². The van der Waals surface area contributed by atoms with E-state index in [1.54, 1.807) is 111 Å². The van der Waals surface area contributed by atoms with Gasteiger partial charge in [0.05, 0.1) is 50.1 Å². The van der Waals surface area contributed by atoms with E-state index in [0.717, 1.165) is 11.1 Å². The molecule has 0 fully saturated rings. The summed E-state index contributed by atoms with van der Waals surface area (Å²) < 4.78 is 27.4. The van der Waals surface area contributed by atoms with Crippen molar-refractivity contribution in [3.05, 3.63) is 42.1 Å². The second-order valence-electron chi connectivity index (χ2n) is 15.5. The molecule has 0 saturated carbocycles. The molecule has 0 atom stereocenters. The predicted molar refractivity (Wildman–Crippen MR) is 176 cm³/mol. The molecule has 0 aliphatic rings. The maximum Gasteiger partial charge on any atom is 0.320 e. The third-order valence-corrected chi connectivity index (χ3v) is 5.65. The van der Waals surface area contributed by atoms with E-state index in [1.807, 2.05) is 12.1 Å². The number of aromatic nitrogens is 1. The van der Waals surface area contributed by atoms with Gasteiger partial charge in [-0.2, -0.15) is 0 Å². The fraction of sp³-hybridized carbons (Fsp3) is 0.629. The summed E-state index contributed by atoms with van der Waals surface area (Å²) in [4.78, 5) is 59.4. The maximum absolute atomic E-state index is 12.9. The summed E-state index contributed by atoms with van der Waals surface area (Å²) in [7, 11) is 0. The third-order valence-electron chi connectivity index (χ3n) is 5.65. The number of pyridine rings is 1. The highest BCUT2D eigenvalue weighted by atomic mass is 16.6. The highest BCUT2D eigenvalue weighted by molar-refractivity contribution is 5.76. The van der Waals surface area contributed by atoms with Gasteiger partial charge in [-0.3, -0.25) is 34.0 Å². The van der Waals surface area contributed by atoms with Crippen LogP contribution in [0, 0.1) is 0 Å². The van der Waals surface area contributed by atoms with Gasteiger partial charge in [0.2, 0.25) is 0 Å². The number of esters is 4. The fourth-order valence-electron chi connectivity index (χ4n) is 4.43. The minimum absolute atomic E-state index is 0.0926. The second-order valence-corrected chi connectivity index (χ2v) is 15.5. The van der Waals surface area contributed by atoms with E-state index in [0.29, 0.717) is 11.4 Å². The van der Waals surface area contributed by atoms with Gasteiger partial charge < -0.3 is 23.4 Å². The fourth-order valence-corrected chi connectivity index (χ4v) is 4.43. The van der Waals surface area contributed by atoms with E-state index in [4.69, 9.17) is 28.3 Å². The van der Waals surface area contributed by atoms with Gasteiger partial charge in [-0.05, 0) is 107 Å². The minimum atomic E-state index is -0.715. The summed E-state index contributed by atoms with van der Waals surface area (Å²) in [6.07, 6.45) is 3.13. The van der Waals surface area contributed by atoms with Crippen LogP contribution < -0.4 is 0 Å². The van der Waals surface area contributed by atoms with Crippen LogP contribution in [-0.4, -0.2) is 87.2 Å². The van der Waals surface area contributed by atoms with Crippen molar-refractivity contribution in [2.24, 2.45) is 0 Å². The Morgan fingerprint density at radius 2 is 0.894 bits per heavy atom. The number of rotatable bonds is 13. The van der Waals surface area contributed by atoms with Crippen LogP contribution in [0.15, 0.2) is 35.1 Å². The molecule has 0 aromatic carbocycles. The Hall–Kier alpha value is -3.77. The second kappa shape index (κ2) is 15.9. The van der Waals surface area contributed by atoms with E-state index in [9.17, 15) is 19.2 Å². The van der Waals surface area contributed by atoms with Crippen molar-refractivity contribution < 1.29 is 42.5 Å². The van der Waals surface area contributed by atoms with Crippen LogP contribution in [0.2, 0.25) is 0 Å². The summed E-state index contributed by atoms with van der Waals surface area (Å²) in [5.41, 5.74) is -0.282. The molecule has 0 saturated heterocycles. The molecule has 0 unspecified atom stereocenters. The van der Waals surface area contributed by atoms with Crippen molar-refractivity contribution >= 4 is 23.9 Å². The molecule has 12 nitrogen and oxygen atoms in total. The van der Waals surface area contributed by atoms with Crippen LogP contribution in [0.1, 0.15) is 94.5 Å². The monoisotopic (exact) mass is 659 g/mol. The Labute approximate surface area is 279 Å². The summed E-state index contributed by atoms with van der Waals surface area (Å²) in [6, 6.07) is 5.45. The van der Waals surface area contributed by atoms with E-state index in [2.05, 4.69) is 0 Å². The Morgan fingerprint density at radius 1 is 0.574 bits per heavy atom. The molecule has 2 aromatic heterocycles. The number of carbonyl (C=O) groups excluding carboxylic acids is 4. The molecule has 0 N–H and O–H groups in total. The number of nitrogens with zero attached hydrogens (tertiary/aromatic N) is 3. The molecule has 12 heteroatoms. The molecule has 0 radical (unpaired) electrons. The van der Waals surface area contributed by atoms with Crippen LogP contribution in [0.25, 0.3) is 11.1 Å². The Bertz CT molecular complexity index is 1210. The average molecular weight is 660 g/mol. The highest BCUT2D eigenvalue weighted by Crippen LogP contribution is 2.24. The molecule has 0 aliphatic heterocycles. The lowest BCUT2D eigenvalue weighted by Gasteiger charge is -2.27. The predicted octanol–water partition coefficient (Wildman–Crippen LogP) is 5.31. The topological polar surface area (TPSA) is 138 Å². The SMILES string of the molecule is CC(C)(C)OC(=O)CN(CC(=O)OC(C)(C)C)Cc1cc(-c2ccoc2)cc(CN(CC(=O)OC(C)(C)C)CC(=O)OC(C)(C)C)n1. The van der Waals surface area contributed by atoms with E-state index < -0.39 is 46.3 Å². The summed E-state index contributed by atoms with van der Waals surface area (Å²) in [5.74, 6) is -2.03. The van der Waals surface area contributed by atoms with Crippen LogP contribution >= 0.6 is 0 Å². The van der Waals surface area contributed by atoms with E-state index >= 15 is 0 Å². The van der Waals surface area contributed by atoms with Crippen molar-refractivity contribution in [2.75, 3.05) is 26.2 Å². The van der Waals surface area contributed by atoms with Gasteiger partial charge in [-0.15, -0.1) is 0 Å². The highest BCUT2D eigenvalue weighted by Gasteiger charge is 2.26. The first-order valence-electron chi connectivity index (χ1n) is 15.7. The number of hydrogen-bond donors (Lipinski definition) is 0. The zero-order valence-electron chi connectivity index (χ0n) is 30.1. The van der Waals surface area contributed by atoms with Gasteiger partial charge in [0.15, 0.2) is 0 Å². The first kappa shape index (κ1) is 39.4. The Balaban J connectivity index is 2.48.